The molecule has 23 heavy (non-hydrogen) atoms. The molecule has 0 saturated carbocycles. The summed E-state index contributed by atoms with van der Waals surface area (Å²) in [5.41, 5.74) is 2.13. The Labute approximate surface area is 136 Å². The van der Waals surface area contributed by atoms with Crippen molar-refractivity contribution in [1.82, 2.24) is 9.97 Å². The first-order valence-electron chi connectivity index (χ1n) is 7.83. The Hall–Kier alpha value is -2.62. The lowest BCUT2D eigenvalue weighted by molar-refractivity contribution is 0.204. The number of hydrogen-bond donors (Lipinski definition) is 1. The third-order valence-electron chi connectivity index (χ3n) is 3.92. The summed E-state index contributed by atoms with van der Waals surface area (Å²) in [5, 5.41) is 4.46. The molecule has 4 nitrogen and oxygen atoms in total. The predicted octanol–water partition coefficient (Wildman–Crippen LogP) is 4.21. The van der Waals surface area contributed by atoms with Gasteiger partial charge >= 0.3 is 0 Å². The zero-order valence-electron chi connectivity index (χ0n) is 13.7. The topological polar surface area (TPSA) is 47.0 Å². The van der Waals surface area contributed by atoms with Crippen molar-refractivity contribution in [3.63, 3.8) is 0 Å². The monoisotopic (exact) mass is 307 g/mol. The summed E-state index contributed by atoms with van der Waals surface area (Å²) in [5.74, 6) is 1.72. The van der Waals surface area contributed by atoms with E-state index >= 15 is 0 Å². The van der Waals surface area contributed by atoms with E-state index < -0.39 is 0 Å². The highest BCUT2D eigenvalue weighted by Crippen LogP contribution is 2.21. The summed E-state index contributed by atoms with van der Waals surface area (Å²) in [7, 11) is 0. The van der Waals surface area contributed by atoms with Gasteiger partial charge in [-0.05, 0) is 50.6 Å². The number of anilines is 1. The van der Waals surface area contributed by atoms with Crippen molar-refractivity contribution in [3.8, 4) is 5.75 Å². The molecule has 4 heteroatoms. The molecule has 2 atom stereocenters. The highest BCUT2D eigenvalue weighted by Gasteiger charge is 2.15. The van der Waals surface area contributed by atoms with Crippen LogP contribution in [-0.2, 0) is 0 Å². The number of aryl methyl sites for hydroxylation is 1. The largest absolute Gasteiger partial charge is 0.489 e. The second-order valence-corrected chi connectivity index (χ2v) is 5.81. The zero-order valence-corrected chi connectivity index (χ0v) is 13.7. The van der Waals surface area contributed by atoms with E-state index in [0.29, 0.717) is 0 Å². The first-order chi connectivity index (χ1) is 11.1. The van der Waals surface area contributed by atoms with Crippen LogP contribution in [0.2, 0.25) is 0 Å². The first-order valence-corrected chi connectivity index (χ1v) is 7.83. The maximum atomic E-state index is 6.04. The average molecular weight is 307 g/mol. The Morgan fingerprint density at radius 2 is 1.83 bits per heavy atom. The number of rotatable bonds is 5. The van der Waals surface area contributed by atoms with Crippen LogP contribution in [0.25, 0.3) is 10.9 Å². The Bertz CT molecular complexity index is 798. The maximum absolute atomic E-state index is 6.04. The molecule has 1 aromatic heterocycles. The van der Waals surface area contributed by atoms with Gasteiger partial charge in [0.05, 0.1) is 11.6 Å². The molecule has 0 aliphatic carbocycles. The van der Waals surface area contributed by atoms with Crippen molar-refractivity contribution in [2.24, 2.45) is 0 Å². The molecule has 0 amide bonds. The van der Waals surface area contributed by atoms with Gasteiger partial charge in [-0.3, -0.25) is 0 Å². The van der Waals surface area contributed by atoms with Crippen LogP contribution in [0.15, 0.2) is 54.9 Å². The summed E-state index contributed by atoms with van der Waals surface area (Å²) in [4.78, 5) is 8.66. The Morgan fingerprint density at radius 1 is 1.00 bits per heavy atom. The van der Waals surface area contributed by atoms with Crippen LogP contribution >= 0.6 is 0 Å². The average Bonchev–Trinajstić information content (AvgIpc) is 2.55. The zero-order chi connectivity index (χ0) is 16.2. The van der Waals surface area contributed by atoms with E-state index in [0.717, 1.165) is 22.5 Å². The van der Waals surface area contributed by atoms with Crippen molar-refractivity contribution < 1.29 is 4.74 Å². The molecule has 0 fully saturated rings. The SMILES string of the molecule is Cc1cccc(OC(C)C(C)Nc2ncnc3ccccc23)c1. The van der Waals surface area contributed by atoms with Gasteiger partial charge in [0.15, 0.2) is 0 Å². The maximum Gasteiger partial charge on any atom is 0.137 e. The quantitative estimate of drug-likeness (QED) is 0.767. The van der Waals surface area contributed by atoms with Crippen LogP contribution in [0.4, 0.5) is 5.82 Å². The molecule has 118 valence electrons. The van der Waals surface area contributed by atoms with Gasteiger partial charge in [0, 0.05) is 5.39 Å². The fraction of sp³-hybridized carbons (Fsp3) is 0.263. The third-order valence-corrected chi connectivity index (χ3v) is 3.92. The van der Waals surface area contributed by atoms with Gasteiger partial charge in [-0.1, -0.05) is 24.3 Å². The minimum Gasteiger partial charge on any atom is -0.489 e. The second-order valence-electron chi connectivity index (χ2n) is 5.81. The third kappa shape index (κ3) is 3.59. The molecule has 3 aromatic rings. The number of nitrogens with zero attached hydrogens (tertiary/aromatic N) is 2. The van der Waals surface area contributed by atoms with Crippen LogP contribution in [0.1, 0.15) is 19.4 Å². The minimum atomic E-state index is 0.00512. The normalized spacial score (nSPS) is 13.5. The van der Waals surface area contributed by atoms with Crippen LogP contribution in [0.3, 0.4) is 0 Å². The molecule has 0 radical (unpaired) electrons. The van der Waals surface area contributed by atoms with E-state index in [1.165, 1.54) is 5.56 Å². The summed E-state index contributed by atoms with van der Waals surface area (Å²) in [6.45, 7) is 6.22. The molecule has 0 saturated heterocycles. The van der Waals surface area contributed by atoms with E-state index in [2.05, 4.69) is 42.1 Å². The molecule has 1 heterocycles. The number of ether oxygens (including phenoxy) is 1. The Morgan fingerprint density at radius 3 is 2.65 bits per heavy atom. The summed E-state index contributed by atoms with van der Waals surface area (Å²) in [6, 6.07) is 16.2. The Kier molecular flexibility index (Phi) is 4.42. The van der Waals surface area contributed by atoms with Crippen LogP contribution in [0, 0.1) is 6.92 Å². The van der Waals surface area contributed by atoms with Crippen molar-refractivity contribution >= 4 is 16.7 Å². The van der Waals surface area contributed by atoms with Crippen LogP contribution < -0.4 is 10.1 Å². The molecule has 0 bridgehead atoms. The van der Waals surface area contributed by atoms with Gasteiger partial charge in [0.25, 0.3) is 0 Å². The van der Waals surface area contributed by atoms with Gasteiger partial charge in [0.1, 0.15) is 24.0 Å². The molecule has 0 aliphatic heterocycles. The molecule has 1 N–H and O–H groups in total. The number of nitrogens with one attached hydrogen (secondary N) is 1. The van der Waals surface area contributed by atoms with E-state index in [9.17, 15) is 0 Å². The standard InChI is InChI=1S/C19H21N3O/c1-13-7-6-8-16(11-13)23-15(3)14(2)22-19-17-9-4-5-10-18(17)20-12-21-19/h4-12,14-15H,1-3H3,(H,20,21,22). The molecular weight excluding hydrogens is 286 g/mol. The van der Waals surface area contributed by atoms with Crippen molar-refractivity contribution in [2.75, 3.05) is 5.32 Å². The molecule has 0 spiro atoms. The van der Waals surface area contributed by atoms with E-state index in [1.807, 2.05) is 42.5 Å². The van der Waals surface area contributed by atoms with Gasteiger partial charge < -0.3 is 10.1 Å². The number of para-hydroxylation sites is 1. The van der Waals surface area contributed by atoms with Crippen molar-refractivity contribution in [1.29, 1.82) is 0 Å². The lowest BCUT2D eigenvalue weighted by Crippen LogP contribution is -2.33. The van der Waals surface area contributed by atoms with E-state index in [4.69, 9.17) is 4.74 Å². The van der Waals surface area contributed by atoms with Gasteiger partial charge in [-0.2, -0.15) is 0 Å². The van der Waals surface area contributed by atoms with Crippen LogP contribution in [0.5, 0.6) is 5.75 Å². The fourth-order valence-corrected chi connectivity index (χ4v) is 2.46. The molecule has 0 aliphatic rings. The number of hydrogen-bond acceptors (Lipinski definition) is 4. The number of aromatic nitrogens is 2. The predicted molar refractivity (Wildman–Crippen MR) is 93.9 cm³/mol. The van der Waals surface area contributed by atoms with E-state index in [-0.39, 0.29) is 12.1 Å². The number of fused-ring (bicyclic) bond motifs is 1. The lowest BCUT2D eigenvalue weighted by Gasteiger charge is -2.23. The molecular formula is C19H21N3O. The highest BCUT2D eigenvalue weighted by atomic mass is 16.5. The molecule has 3 rings (SSSR count). The van der Waals surface area contributed by atoms with E-state index in [1.54, 1.807) is 6.33 Å². The number of benzene rings is 2. The molecule has 2 unspecified atom stereocenters. The highest BCUT2D eigenvalue weighted by molar-refractivity contribution is 5.88. The first kappa shape index (κ1) is 15.3. The van der Waals surface area contributed by atoms with Crippen molar-refractivity contribution in [2.45, 2.75) is 32.9 Å². The van der Waals surface area contributed by atoms with Crippen LogP contribution in [-0.4, -0.2) is 22.1 Å². The molecule has 2 aromatic carbocycles. The fourth-order valence-electron chi connectivity index (χ4n) is 2.46. The lowest BCUT2D eigenvalue weighted by atomic mass is 10.1. The summed E-state index contributed by atoms with van der Waals surface area (Å²) >= 11 is 0. The van der Waals surface area contributed by atoms with Gasteiger partial charge in [-0.25, -0.2) is 9.97 Å². The summed E-state index contributed by atoms with van der Waals surface area (Å²) in [6.07, 6.45) is 1.59. The van der Waals surface area contributed by atoms with Gasteiger partial charge in [0.2, 0.25) is 0 Å². The summed E-state index contributed by atoms with van der Waals surface area (Å²) < 4.78 is 6.04. The smallest absolute Gasteiger partial charge is 0.137 e. The second kappa shape index (κ2) is 6.65. The minimum absolute atomic E-state index is 0.00512. The van der Waals surface area contributed by atoms with Gasteiger partial charge in [-0.15, -0.1) is 0 Å². The Balaban J connectivity index is 1.74. The van der Waals surface area contributed by atoms with Crippen molar-refractivity contribution in [3.05, 3.63) is 60.4 Å².